The molecule has 0 aromatic rings. The fourth-order valence-corrected chi connectivity index (χ4v) is 4.67. The van der Waals surface area contributed by atoms with Crippen LogP contribution in [0.15, 0.2) is 0 Å². The van der Waals surface area contributed by atoms with Crippen LogP contribution in [0.4, 0.5) is 0 Å². The lowest BCUT2D eigenvalue weighted by Gasteiger charge is -2.38. The van der Waals surface area contributed by atoms with Crippen molar-refractivity contribution in [3.05, 3.63) is 0 Å². The molecule has 0 spiro atoms. The van der Waals surface area contributed by atoms with Crippen LogP contribution >= 0.6 is 15.5 Å². The van der Waals surface area contributed by atoms with Crippen molar-refractivity contribution >= 4 is 15.5 Å². The zero-order valence-corrected chi connectivity index (χ0v) is 12.2. The van der Waals surface area contributed by atoms with Crippen LogP contribution < -0.4 is 4.89 Å². The van der Waals surface area contributed by atoms with Gasteiger partial charge in [-0.2, -0.15) is 0 Å². The zero-order chi connectivity index (χ0) is 13.7. The van der Waals surface area contributed by atoms with Gasteiger partial charge in [-0.15, -0.1) is 0 Å². The fourth-order valence-electron chi connectivity index (χ4n) is 1.07. The normalized spacial score (nSPS) is 19.7. The second-order valence-corrected chi connectivity index (χ2v) is 8.15. The van der Waals surface area contributed by atoms with E-state index in [4.69, 9.17) is 9.05 Å². The molecule has 0 rings (SSSR count). The maximum atomic E-state index is 12.2. The van der Waals surface area contributed by atoms with E-state index in [1.807, 2.05) is 0 Å². The summed E-state index contributed by atoms with van der Waals surface area (Å²) in [6.45, 7) is 5.29. The Labute approximate surface area is 102 Å². The van der Waals surface area contributed by atoms with Gasteiger partial charge >= 0.3 is 12.7 Å². The molecule has 0 radical (unpaired) electrons. The monoisotopic (exact) mass is 290 g/mol. The molecular weight excluding hydrogens is 270 g/mol. The first kappa shape index (κ1) is 17.4. The van der Waals surface area contributed by atoms with Crippen LogP contribution in [0.25, 0.3) is 0 Å². The van der Waals surface area contributed by atoms with Gasteiger partial charge in [-0.25, -0.2) is 9.05 Å². The molecule has 104 valence electrons. The minimum Gasteiger partial charge on any atom is -0.629 e. The van der Waals surface area contributed by atoms with Crippen LogP contribution in [0.2, 0.25) is 0 Å². The summed E-state index contributed by atoms with van der Waals surface area (Å²) in [5, 5.41) is 7.41. The van der Waals surface area contributed by atoms with E-state index in [-0.39, 0.29) is 19.8 Å². The predicted octanol–water partition coefficient (Wildman–Crippen LogP) is 1.07. The summed E-state index contributed by atoms with van der Waals surface area (Å²) in [5.41, 5.74) is 0. The van der Waals surface area contributed by atoms with Crippen molar-refractivity contribution in [1.82, 2.24) is 0 Å². The number of rotatable bonds is 8. The summed E-state index contributed by atoms with van der Waals surface area (Å²) < 4.78 is 26.0. The van der Waals surface area contributed by atoms with Crippen LogP contribution in [0.1, 0.15) is 27.7 Å². The Morgan fingerprint density at radius 3 is 1.94 bits per heavy atom. The lowest BCUT2D eigenvalue weighted by Crippen LogP contribution is -2.38. The van der Waals surface area contributed by atoms with Crippen LogP contribution in [0.5, 0.6) is 0 Å². The third kappa shape index (κ3) is 3.69. The third-order valence-electron chi connectivity index (χ3n) is 1.96. The Bertz CT molecular complexity index is 275. The van der Waals surface area contributed by atoms with Crippen molar-refractivity contribution in [1.29, 1.82) is 0 Å². The quantitative estimate of drug-likeness (QED) is 0.643. The lowest BCUT2D eigenvalue weighted by molar-refractivity contribution is -0.231. The van der Waals surface area contributed by atoms with Gasteiger partial charge in [-0.1, -0.05) is 0 Å². The minimum atomic E-state index is -4.53. The van der Waals surface area contributed by atoms with E-state index < -0.39 is 20.6 Å². The standard InChI is InChI=1S/C8H20O7P2/c1-5-13-16(10,11)8(4,9)17(12,14-6-2)15-7-3/h9H,5-7H2,1-4H3,(H,10,11). The van der Waals surface area contributed by atoms with Crippen molar-refractivity contribution in [3.63, 3.8) is 0 Å². The molecule has 0 bridgehead atoms. The van der Waals surface area contributed by atoms with Crippen LogP contribution in [0.3, 0.4) is 0 Å². The molecule has 17 heavy (non-hydrogen) atoms. The first-order valence-corrected chi connectivity index (χ1v) is 8.39. The van der Waals surface area contributed by atoms with Gasteiger partial charge in [0.05, 0.1) is 19.8 Å². The highest BCUT2D eigenvalue weighted by Crippen LogP contribution is 2.76. The topological polar surface area (TPSA) is 108 Å². The van der Waals surface area contributed by atoms with Gasteiger partial charge in [-0.3, -0.25) is 4.57 Å². The number of hydrogen-bond acceptors (Lipinski definition) is 6. The maximum Gasteiger partial charge on any atom is 0.403 e. The molecule has 0 aliphatic rings. The van der Waals surface area contributed by atoms with Gasteiger partial charge in [0.1, 0.15) is 0 Å². The molecule has 7 nitrogen and oxygen atoms in total. The zero-order valence-electron chi connectivity index (χ0n) is 10.5. The van der Waals surface area contributed by atoms with Gasteiger partial charge in [0.15, 0.2) is 0 Å². The predicted molar refractivity (Wildman–Crippen MR) is 62.2 cm³/mol. The van der Waals surface area contributed by atoms with Crippen molar-refractivity contribution < 1.29 is 33.0 Å². The lowest BCUT2D eigenvalue weighted by atomic mass is 10.9. The summed E-state index contributed by atoms with van der Waals surface area (Å²) >= 11 is 0. The molecule has 0 heterocycles. The molecule has 0 amide bonds. The van der Waals surface area contributed by atoms with E-state index in [9.17, 15) is 19.5 Å². The van der Waals surface area contributed by atoms with E-state index in [1.165, 1.54) is 20.8 Å². The Hall–Kier alpha value is 0.420. The minimum absolute atomic E-state index is 0.0282. The average molecular weight is 290 g/mol. The molecule has 0 aromatic carbocycles. The summed E-state index contributed by atoms with van der Waals surface area (Å²) in [6, 6.07) is 0. The highest BCUT2D eigenvalue weighted by Gasteiger charge is 2.64. The smallest absolute Gasteiger partial charge is 0.403 e. The molecule has 2 unspecified atom stereocenters. The summed E-state index contributed by atoms with van der Waals surface area (Å²) in [4.78, 5) is 21.8. The van der Waals surface area contributed by atoms with E-state index in [0.717, 1.165) is 6.92 Å². The van der Waals surface area contributed by atoms with Crippen molar-refractivity contribution in [3.8, 4) is 0 Å². The van der Waals surface area contributed by atoms with Gasteiger partial charge in [0.2, 0.25) is 0 Å². The first-order valence-electron chi connectivity index (χ1n) is 5.27. The molecular formula is C8H20O7P2. The van der Waals surface area contributed by atoms with E-state index in [1.54, 1.807) is 0 Å². The Kier molecular flexibility index (Phi) is 6.71. The van der Waals surface area contributed by atoms with Crippen molar-refractivity contribution in [2.24, 2.45) is 0 Å². The van der Waals surface area contributed by atoms with Gasteiger partial charge in [0, 0.05) is 6.92 Å². The molecule has 0 saturated carbocycles. The van der Waals surface area contributed by atoms with Gasteiger partial charge in [-0.05, 0) is 20.8 Å². The molecule has 0 aromatic heterocycles. The molecule has 2 atom stereocenters. The van der Waals surface area contributed by atoms with E-state index >= 15 is 0 Å². The summed E-state index contributed by atoms with van der Waals surface area (Å²) in [6.07, 6.45) is 0. The average Bonchev–Trinajstić information content (AvgIpc) is 2.17. The van der Waals surface area contributed by atoms with Crippen molar-refractivity contribution in [2.75, 3.05) is 19.8 Å². The molecule has 0 fully saturated rings. The Morgan fingerprint density at radius 2 is 1.65 bits per heavy atom. The number of aliphatic hydroxyl groups is 1. The Morgan fingerprint density at radius 1 is 1.24 bits per heavy atom. The third-order valence-corrected chi connectivity index (χ3v) is 7.36. The second-order valence-electron chi connectivity index (χ2n) is 3.24. The first-order chi connectivity index (χ1) is 7.68. The molecule has 0 aliphatic carbocycles. The highest BCUT2D eigenvalue weighted by atomic mass is 31.3. The van der Waals surface area contributed by atoms with E-state index in [2.05, 4.69) is 4.52 Å². The van der Waals surface area contributed by atoms with Crippen LogP contribution in [-0.2, 0) is 18.1 Å². The molecule has 2 N–H and O–H groups in total. The largest absolute Gasteiger partial charge is 0.629 e. The molecule has 0 saturated heterocycles. The fraction of sp³-hybridized carbons (Fsp3) is 1.00. The van der Waals surface area contributed by atoms with Gasteiger partial charge in [0.25, 0.3) is 7.94 Å². The SMILES string of the molecule is CCOP(=O)(O)C(C)(O)[P+]([O-])(OCC)OCC. The summed E-state index contributed by atoms with van der Waals surface area (Å²) in [5.74, 6) is 0. The maximum absolute atomic E-state index is 12.2. The van der Waals surface area contributed by atoms with Gasteiger partial charge < -0.3 is 19.4 Å². The van der Waals surface area contributed by atoms with Crippen LogP contribution in [-0.4, -0.2) is 34.9 Å². The Balaban J connectivity index is 5.27. The number of hydrogen-bond donors (Lipinski definition) is 2. The van der Waals surface area contributed by atoms with Crippen molar-refractivity contribution in [2.45, 2.75) is 32.8 Å². The van der Waals surface area contributed by atoms with E-state index in [0.29, 0.717) is 0 Å². The molecule has 9 heteroatoms. The molecule has 0 aliphatic heterocycles. The highest BCUT2D eigenvalue weighted by molar-refractivity contribution is 7.76. The second kappa shape index (κ2) is 6.55. The summed E-state index contributed by atoms with van der Waals surface area (Å²) in [7, 11) is -8.69. The van der Waals surface area contributed by atoms with Crippen LogP contribution in [0, 0.1) is 0 Å².